The zero-order valence-electron chi connectivity index (χ0n) is 7.51. The molecule has 0 aromatic rings. The van der Waals surface area contributed by atoms with Gasteiger partial charge in [-0.3, -0.25) is 5.43 Å². The van der Waals surface area contributed by atoms with Gasteiger partial charge < -0.3 is 10.2 Å². The molecule has 2 rings (SSSR count). The van der Waals surface area contributed by atoms with Crippen molar-refractivity contribution in [3.63, 3.8) is 0 Å². The van der Waals surface area contributed by atoms with E-state index in [1.807, 2.05) is 0 Å². The average molecular weight is 168 g/mol. The van der Waals surface area contributed by atoms with Gasteiger partial charge in [0.1, 0.15) is 12.5 Å². The molecule has 0 radical (unpaired) electrons. The van der Waals surface area contributed by atoms with Gasteiger partial charge in [0, 0.05) is 13.0 Å². The first-order valence-electron chi connectivity index (χ1n) is 4.60. The molecule has 12 heavy (non-hydrogen) atoms. The molecule has 0 aliphatic carbocycles. The van der Waals surface area contributed by atoms with Crippen LogP contribution >= 0.6 is 0 Å². The third kappa shape index (κ3) is 1.39. The van der Waals surface area contributed by atoms with Crippen molar-refractivity contribution >= 4 is 5.84 Å². The van der Waals surface area contributed by atoms with Gasteiger partial charge >= 0.3 is 0 Å². The van der Waals surface area contributed by atoms with E-state index in [1.165, 1.54) is 18.7 Å². The average Bonchev–Trinajstić information content (AvgIpc) is 2.53. The summed E-state index contributed by atoms with van der Waals surface area (Å²) in [6.45, 7) is 3.15. The molecular formula is C8H16N4. The summed E-state index contributed by atoms with van der Waals surface area (Å²) in [5.41, 5.74) is 3.01. The molecule has 1 saturated heterocycles. The van der Waals surface area contributed by atoms with Crippen LogP contribution in [0, 0.1) is 5.92 Å². The van der Waals surface area contributed by atoms with E-state index < -0.39 is 0 Å². The summed E-state index contributed by atoms with van der Waals surface area (Å²) in [4.78, 5) is 2.20. The number of piperidine rings is 1. The lowest BCUT2D eigenvalue weighted by molar-refractivity contribution is 0.413. The molecule has 0 bridgehead atoms. The van der Waals surface area contributed by atoms with Gasteiger partial charge in [-0.2, -0.15) is 5.10 Å². The third-order valence-electron chi connectivity index (χ3n) is 2.60. The van der Waals surface area contributed by atoms with Crippen molar-refractivity contribution in [3.8, 4) is 0 Å². The van der Waals surface area contributed by atoms with Crippen molar-refractivity contribution in [3.05, 3.63) is 0 Å². The Morgan fingerprint density at radius 3 is 2.75 bits per heavy atom. The molecule has 0 amide bonds. The van der Waals surface area contributed by atoms with Crippen LogP contribution in [0.4, 0.5) is 0 Å². The molecule has 1 fully saturated rings. The second-order valence-electron chi connectivity index (χ2n) is 3.51. The minimum Gasteiger partial charge on any atom is -0.343 e. The van der Waals surface area contributed by atoms with Crippen molar-refractivity contribution in [1.82, 2.24) is 15.6 Å². The normalized spacial score (nSPS) is 25.4. The van der Waals surface area contributed by atoms with Crippen molar-refractivity contribution in [2.75, 3.05) is 26.8 Å². The number of nitrogens with zero attached hydrogens (tertiary/aromatic N) is 2. The minimum absolute atomic E-state index is 0.672. The van der Waals surface area contributed by atoms with Crippen LogP contribution < -0.4 is 10.7 Å². The second-order valence-corrected chi connectivity index (χ2v) is 3.51. The predicted molar refractivity (Wildman–Crippen MR) is 48.8 cm³/mol. The molecular weight excluding hydrogens is 152 g/mol. The van der Waals surface area contributed by atoms with E-state index >= 15 is 0 Å². The Morgan fingerprint density at radius 1 is 1.42 bits per heavy atom. The molecule has 0 saturated carbocycles. The monoisotopic (exact) mass is 168 g/mol. The van der Waals surface area contributed by atoms with Crippen LogP contribution in [-0.2, 0) is 0 Å². The maximum atomic E-state index is 4.31. The van der Waals surface area contributed by atoms with E-state index in [9.17, 15) is 0 Å². The number of nitrogens with one attached hydrogen (secondary N) is 2. The van der Waals surface area contributed by atoms with E-state index in [2.05, 4.69) is 27.8 Å². The Labute approximate surface area is 73.0 Å². The number of amidine groups is 1. The molecule has 2 aliphatic rings. The Morgan fingerprint density at radius 2 is 2.17 bits per heavy atom. The quantitative estimate of drug-likeness (QED) is 0.569. The van der Waals surface area contributed by atoms with Gasteiger partial charge in [-0.1, -0.05) is 0 Å². The lowest BCUT2D eigenvalue weighted by Gasteiger charge is -2.25. The van der Waals surface area contributed by atoms with Crippen LogP contribution in [0.1, 0.15) is 12.8 Å². The van der Waals surface area contributed by atoms with Gasteiger partial charge in [0.25, 0.3) is 0 Å². The second kappa shape index (κ2) is 3.31. The van der Waals surface area contributed by atoms with Gasteiger partial charge in [0.2, 0.25) is 0 Å². The van der Waals surface area contributed by atoms with Crippen LogP contribution in [0.15, 0.2) is 5.10 Å². The van der Waals surface area contributed by atoms with Crippen molar-refractivity contribution < 1.29 is 0 Å². The number of hydrogen-bond donors (Lipinski definition) is 2. The summed E-state index contributed by atoms with van der Waals surface area (Å²) >= 11 is 0. The largest absolute Gasteiger partial charge is 0.343 e. The number of rotatable bonds is 1. The molecule has 68 valence electrons. The van der Waals surface area contributed by atoms with Crippen LogP contribution in [0.3, 0.4) is 0 Å². The zero-order valence-corrected chi connectivity index (χ0v) is 7.51. The van der Waals surface area contributed by atoms with Gasteiger partial charge in [0.05, 0.1) is 0 Å². The van der Waals surface area contributed by atoms with Crippen LogP contribution in [0.5, 0.6) is 0 Å². The zero-order chi connectivity index (χ0) is 8.39. The van der Waals surface area contributed by atoms with Gasteiger partial charge in [0.15, 0.2) is 0 Å². The molecule has 2 aliphatic heterocycles. The molecule has 0 atom stereocenters. The topological polar surface area (TPSA) is 39.7 Å². The summed E-state index contributed by atoms with van der Waals surface area (Å²) in [7, 11) is 2.10. The van der Waals surface area contributed by atoms with Crippen LogP contribution in [0.2, 0.25) is 0 Å². The van der Waals surface area contributed by atoms with E-state index in [1.54, 1.807) is 0 Å². The molecule has 2 heterocycles. The highest BCUT2D eigenvalue weighted by Gasteiger charge is 2.24. The highest BCUT2D eigenvalue weighted by Crippen LogP contribution is 2.16. The van der Waals surface area contributed by atoms with E-state index in [0.717, 1.165) is 19.8 Å². The Balaban J connectivity index is 1.97. The number of hydrazone groups is 1. The van der Waals surface area contributed by atoms with Crippen LogP contribution in [0.25, 0.3) is 0 Å². The van der Waals surface area contributed by atoms with Crippen molar-refractivity contribution in [1.29, 1.82) is 0 Å². The molecule has 0 unspecified atom stereocenters. The first kappa shape index (κ1) is 7.86. The summed E-state index contributed by atoms with van der Waals surface area (Å²) in [5, 5.41) is 7.66. The lowest BCUT2D eigenvalue weighted by atomic mass is 9.96. The van der Waals surface area contributed by atoms with Gasteiger partial charge in [-0.05, 0) is 25.9 Å². The molecule has 0 aromatic carbocycles. The summed E-state index contributed by atoms with van der Waals surface area (Å²) in [6.07, 6.45) is 2.45. The van der Waals surface area contributed by atoms with Crippen molar-refractivity contribution in [2.45, 2.75) is 12.8 Å². The molecule has 4 heteroatoms. The maximum absolute atomic E-state index is 4.31. The van der Waals surface area contributed by atoms with E-state index in [0.29, 0.717) is 5.92 Å². The maximum Gasteiger partial charge on any atom is 0.129 e. The fourth-order valence-electron chi connectivity index (χ4n) is 1.87. The standard InChI is InChI=1S/C8H16N4/c1-12-6-10-11-8(12)7-2-4-9-5-3-7/h7,9-10H,2-6H2,1H3. The Kier molecular flexibility index (Phi) is 2.17. The van der Waals surface area contributed by atoms with Crippen LogP contribution in [-0.4, -0.2) is 37.5 Å². The SMILES string of the molecule is CN1CNN=C1C1CCNCC1. The van der Waals surface area contributed by atoms with Crippen molar-refractivity contribution in [2.24, 2.45) is 11.0 Å². The highest BCUT2D eigenvalue weighted by molar-refractivity contribution is 5.85. The smallest absolute Gasteiger partial charge is 0.129 e. The fraction of sp³-hybridized carbons (Fsp3) is 0.875. The van der Waals surface area contributed by atoms with Gasteiger partial charge in [-0.15, -0.1) is 0 Å². The summed E-state index contributed by atoms with van der Waals surface area (Å²) in [6, 6.07) is 0. The molecule has 0 aromatic heterocycles. The lowest BCUT2D eigenvalue weighted by Crippen LogP contribution is -2.37. The molecule has 2 N–H and O–H groups in total. The fourth-order valence-corrected chi connectivity index (χ4v) is 1.87. The first-order chi connectivity index (χ1) is 5.88. The summed E-state index contributed by atoms with van der Waals surface area (Å²) < 4.78 is 0. The Bertz CT molecular complexity index is 183. The first-order valence-corrected chi connectivity index (χ1v) is 4.60. The van der Waals surface area contributed by atoms with Gasteiger partial charge in [-0.25, -0.2) is 0 Å². The number of hydrogen-bond acceptors (Lipinski definition) is 4. The predicted octanol–water partition coefficient (Wildman–Crippen LogP) is -0.208. The Hall–Kier alpha value is -0.770. The third-order valence-corrected chi connectivity index (χ3v) is 2.60. The molecule has 4 nitrogen and oxygen atoms in total. The van der Waals surface area contributed by atoms with E-state index in [4.69, 9.17) is 0 Å². The highest BCUT2D eigenvalue weighted by atomic mass is 15.5. The summed E-state index contributed by atoms with van der Waals surface area (Å²) in [5.74, 6) is 1.92. The minimum atomic E-state index is 0.672. The molecule has 0 spiro atoms. The van der Waals surface area contributed by atoms with E-state index in [-0.39, 0.29) is 0 Å².